The Bertz CT molecular complexity index is 479. The molecule has 0 aliphatic heterocycles. The van der Waals surface area contributed by atoms with Gasteiger partial charge in [-0.05, 0) is 41.0 Å². The zero-order valence-electron chi connectivity index (χ0n) is 8.41. The second kappa shape index (κ2) is 4.88. The quantitative estimate of drug-likeness (QED) is 0.829. The van der Waals surface area contributed by atoms with Crippen LogP contribution in [0, 0.1) is 0 Å². The topological polar surface area (TPSA) is 46.5 Å². The van der Waals surface area contributed by atoms with Gasteiger partial charge in [-0.15, -0.1) is 0 Å². The van der Waals surface area contributed by atoms with Crippen LogP contribution in [0.4, 0.5) is 0 Å². The first-order valence-electron chi connectivity index (χ1n) is 4.75. The minimum absolute atomic E-state index is 0.399. The van der Waals surface area contributed by atoms with E-state index in [9.17, 15) is 4.57 Å². The third-order valence-corrected chi connectivity index (χ3v) is 2.78. The van der Waals surface area contributed by atoms with Crippen LogP contribution < -0.4 is 10.0 Å². The molecule has 80 valence electrons. The van der Waals surface area contributed by atoms with Gasteiger partial charge in [-0.1, -0.05) is 18.2 Å². The standard InChI is InChI=1S/C12H9O3P/c13-16(14)12-8-6-11(7-9-12)15-10-4-2-1-3-5-10/h1-9H/p+1. The summed E-state index contributed by atoms with van der Waals surface area (Å²) in [6.07, 6.45) is 0. The fourth-order valence-corrected chi connectivity index (χ4v) is 1.67. The molecule has 0 amide bonds. The Balaban J connectivity index is 2.14. The molecule has 0 spiro atoms. The molecule has 2 rings (SSSR count). The molecule has 0 aliphatic carbocycles. The summed E-state index contributed by atoms with van der Waals surface area (Å²) < 4.78 is 16.3. The van der Waals surface area contributed by atoms with E-state index in [4.69, 9.17) is 9.63 Å². The zero-order valence-corrected chi connectivity index (χ0v) is 9.30. The molecule has 0 radical (unpaired) electrons. The van der Waals surface area contributed by atoms with Crippen LogP contribution in [0.5, 0.6) is 11.5 Å². The molecule has 0 heterocycles. The Labute approximate surface area is 94.2 Å². The van der Waals surface area contributed by atoms with Crippen molar-refractivity contribution in [1.82, 2.24) is 0 Å². The zero-order chi connectivity index (χ0) is 11.4. The highest BCUT2D eigenvalue weighted by Gasteiger charge is 2.14. The molecule has 0 saturated heterocycles. The van der Waals surface area contributed by atoms with Crippen molar-refractivity contribution >= 4 is 13.3 Å². The summed E-state index contributed by atoms with van der Waals surface area (Å²) in [6, 6.07) is 15.9. The number of benzene rings is 2. The van der Waals surface area contributed by atoms with Gasteiger partial charge in [0, 0.05) is 0 Å². The van der Waals surface area contributed by atoms with Gasteiger partial charge in [0.15, 0.2) is 0 Å². The van der Waals surface area contributed by atoms with Crippen LogP contribution in [0.1, 0.15) is 0 Å². The summed E-state index contributed by atoms with van der Waals surface area (Å²) in [4.78, 5) is 8.87. The number of ether oxygens (including phenoxy) is 1. The third-order valence-electron chi connectivity index (χ3n) is 2.04. The molecule has 1 atom stereocenters. The first-order valence-corrected chi connectivity index (χ1v) is 5.96. The van der Waals surface area contributed by atoms with E-state index < -0.39 is 8.03 Å². The van der Waals surface area contributed by atoms with E-state index in [0.29, 0.717) is 11.1 Å². The minimum Gasteiger partial charge on any atom is -0.457 e. The lowest BCUT2D eigenvalue weighted by molar-refractivity contribution is 0.483. The van der Waals surface area contributed by atoms with E-state index in [1.165, 1.54) is 0 Å². The van der Waals surface area contributed by atoms with Crippen molar-refractivity contribution in [2.24, 2.45) is 0 Å². The van der Waals surface area contributed by atoms with Gasteiger partial charge in [-0.3, -0.25) is 0 Å². The predicted octanol–water partition coefficient (Wildman–Crippen LogP) is 2.84. The number of hydrogen-bond donors (Lipinski definition) is 1. The maximum absolute atomic E-state index is 10.8. The van der Waals surface area contributed by atoms with Crippen molar-refractivity contribution in [1.29, 1.82) is 0 Å². The first kappa shape index (κ1) is 10.8. The normalized spacial score (nSPS) is 10.9. The second-order valence-corrected chi connectivity index (χ2v) is 4.24. The summed E-state index contributed by atoms with van der Waals surface area (Å²) >= 11 is 0. The van der Waals surface area contributed by atoms with E-state index in [1.807, 2.05) is 30.3 Å². The van der Waals surface area contributed by atoms with E-state index in [2.05, 4.69) is 0 Å². The highest BCUT2D eigenvalue weighted by molar-refractivity contribution is 7.47. The van der Waals surface area contributed by atoms with Crippen molar-refractivity contribution in [3.8, 4) is 11.5 Å². The number of rotatable bonds is 3. The highest BCUT2D eigenvalue weighted by atomic mass is 31.1. The average molecular weight is 233 g/mol. The Hall–Kier alpha value is -1.70. The van der Waals surface area contributed by atoms with Crippen molar-refractivity contribution in [2.45, 2.75) is 0 Å². The van der Waals surface area contributed by atoms with Crippen LogP contribution >= 0.6 is 8.03 Å². The summed E-state index contributed by atoms with van der Waals surface area (Å²) in [5, 5.41) is 0.399. The van der Waals surface area contributed by atoms with Crippen LogP contribution in [0.3, 0.4) is 0 Å². The Morgan fingerprint density at radius 2 is 1.44 bits per heavy atom. The molecule has 1 N–H and O–H groups in total. The third kappa shape index (κ3) is 2.66. The van der Waals surface area contributed by atoms with E-state index >= 15 is 0 Å². The molecule has 0 fully saturated rings. The maximum atomic E-state index is 10.8. The van der Waals surface area contributed by atoms with Crippen molar-refractivity contribution in [2.75, 3.05) is 0 Å². The Morgan fingerprint density at radius 3 is 2.00 bits per heavy atom. The van der Waals surface area contributed by atoms with Gasteiger partial charge in [0.25, 0.3) is 0 Å². The SMILES string of the molecule is O=[P+](O)c1ccc(Oc2ccccc2)cc1. The molecular weight excluding hydrogens is 223 g/mol. The summed E-state index contributed by atoms with van der Waals surface area (Å²) in [5.74, 6) is 1.38. The van der Waals surface area contributed by atoms with Crippen molar-refractivity contribution in [3.63, 3.8) is 0 Å². The smallest absolute Gasteiger partial charge is 0.457 e. The fourth-order valence-electron chi connectivity index (χ4n) is 1.27. The largest absolute Gasteiger partial charge is 0.546 e. The fraction of sp³-hybridized carbons (Fsp3) is 0. The van der Waals surface area contributed by atoms with Crippen LogP contribution in [-0.4, -0.2) is 4.89 Å². The van der Waals surface area contributed by atoms with Gasteiger partial charge in [0.2, 0.25) is 5.30 Å². The van der Waals surface area contributed by atoms with Crippen LogP contribution in [0.2, 0.25) is 0 Å². The molecule has 0 aromatic heterocycles. The number of para-hydroxylation sites is 1. The van der Waals surface area contributed by atoms with E-state index in [1.54, 1.807) is 24.3 Å². The van der Waals surface area contributed by atoms with Gasteiger partial charge >= 0.3 is 8.03 Å². The maximum Gasteiger partial charge on any atom is 0.546 e. The average Bonchev–Trinajstić information content (AvgIpc) is 2.31. The molecule has 2 aromatic carbocycles. The molecule has 3 nitrogen and oxygen atoms in total. The molecule has 0 aliphatic rings. The van der Waals surface area contributed by atoms with Crippen LogP contribution in [0.25, 0.3) is 0 Å². The van der Waals surface area contributed by atoms with Gasteiger partial charge < -0.3 is 4.74 Å². The molecular formula is C12H10O3P+. The van der Waals surface area contributed by atoms with Crippen molar-refractivity contribution in [3.05, 3.63) is 54.6 Å². The van der Waals surface area contributed by atoms with Gasteiger partial charge in [-0.2, -0.15) is 4.89 Å². The summed E-state index contributed by atoms with van der Waals surface area (Å²) in [6.45, 7) is 0. The van der Waals surface area contributed by atoms with Crippen LogP contribution in [-0.2, 0) is 4.57 Å². The molecule has 1 unspecified atom stereocenters. The van der Waals surface area contributed by atoms with E-state index in [-0.39, 0.29) is 0 Å². The second-order valence-electron chi connectivity index (χ2n) is 3.18. The number of hydrogen-bond acceptors (Lipinski definition) is 2. The first-order chi connectivity index (χ1) is 7.75. The lowest BCUT2D eigenvalue weighted by atomic mass is 10.3. The highest BCUT2D eigenvalue weighted by Crippen LogP contribution is 2.21. The molecule has 0 saturated carbocycles. The molecule has 4 heteroatoms. The Kier molecular flexibility index (Phi) is 3.30. The summed E-state index contributed by atoms with van der Waals surface area (Å²) in [7, 11) is -2.27. The van der Waals surface area contributed by atoms with E-state index in [0.717, 1.165) is 5.75 Å². The molecule has 16 heavy (non-hydrogen) atoms. The lowest BCUT2D eigenvalue weighted by Gasteiger charge is -2.03. The van der Waals surface area contributed by atoms with Gasteiger partial charge in [0.1, 0.15) is 11.5 Å². The monoisotopic (exact) mass is 233 g/mol. The van der Waals surface area contributed by atoms with Gasteiger partial charge in [-0.25, -0.2) is 0 Å². The summed E-state index contributed by atoms with van der Waals surface area (Å²) in [5.41, 5.74) is 0. The van der Waals surface area contributed by atoms with Crippen LogP contribution in [0.15, 0.2) is 54.6 Å². The van der Waals surface area contributed by atoms with Gasteiger partial charge in [0.05, 0.1) is 0 Å². The van der Waals surface area contributed by atoms with Crippen molar-refractivity contribution < 1.29 is 14.2 Å². The lowest BCUT2D eigenvalue weighted by Crippen LogP contribution is -1.94. The molecule has 0 bridgehead atoms. The molecule has 2 aromatic rings. The Morgan fingerprint density at radius 1 is 0.875 bits per heavy atom. The predicted molar refractivity (Wildman–Crippen MR) is 62.4 cm³/mol. The minimum atomic E-state index is -2.27.